The predicted octanol–water partition coefficient (Wildman–Crippen LogP) is 2.24. The monoisotopic (exact) mass is 361 g/mol. The van der Waals surface area contributed by atoms with Gasteiger partial charge in [0.1, 0.15) is 10.6 Å². The first-order valence-corrected chi connectivity index (χ1v) is 8.12. The summed E-state index contributed by atoms with van der Waals surface area (Å²) in [6.45, 7) is 1.98. The number of sulfone groups is 1. The molecule has 10 heteroatoms. The zero-order valence-corrected chi connectivity index (χ0v) is 13.9. The van der Waals surface area contributed by atoms with E-state index >= 15 is 0 Å². The highest BCUT2D eigenvalue weighted by molar-refractivity contribution is 7.92. The molecule has 1 aliphatic rings. The van der Waals surface area contributed by atoms with Crippen LogP contribution in [0.25, 0.3) is 0 Å². The highest BCUT2D eigenvalue weighted by Crippen LogP contribution is 2.40. The Kier molecular flexibility index (Phi) is 5.91. The van der Waals surface area contributed by atoms with Gasteiger partial charge in [-0.25, -0.2) is 21.6 Å². The number of nitrogens with zero attached hydrogens (tertiary/aromatic N) is 2. The van der Waals surface area contributed by atoms with Crippen LogP contribution in [-0.4, -0.2) is 36.3 Å². The van der Waals surface area contributed by atoms with E-state index < -0.39 is 37.8 Å². The first kappa shape index (κ1) is 19.2. The third-order valence-electron chi connectivity index (χ3n) is 3.91. The van der Waals surface area contributed by atoms with Gasteiger partial charge in [0.2, 0.25) is 14.8 Å². The normalized spacial score (nSPS) is 19.7. The van der Waals surface area contributed by atoms with E-state index in [9.17, 15) is 21.6 Å². The van der Waals surface area contributed by atoms with Gasteiger partial charge in [-0.3, -0.25) is 4.68 Å². The van der Waals surface area contributed by atoms with Gasteiger partial charge in [0.25, 0.3) is 6.43 Å². The van der Waals surface area contributed by atoms with E-state index in [0.29, 0.717) is 25.9 Å². The van der Waals surface area contributed by atoms with Crippen molar-refractivity contribution >= 4 is 22.2 Å². The number of aryl methyl sites for hydroxylation is 1. The fourth-order valence-electron chi connectivity index (χ4n) is 2.61. The van der Waals surface area contributed by atoms with E-state index in [1.165, 1.54) is 7.05 Å². The summed E-state index contributed by atoms with van der Waals surface area (Å²) in [6.07, 6.45) is -1.44. The van der Waals surface area contributed by atoms with Gasteiger partial charge in [-0.15, -0.1) is 12.4 Å². The Morgan fingerprint density at radius 1 is 1.41 bits per heavy atom. The second kappa shape index (κ2) is 6.76. The molecule has 0 saturated carbocycles. The molecule has 5 nitrogen and oxygen atoms in total. The summed E-state index contributed by atoms with van der Waals surface area (Å²) in [4.78, 5) is -0.719. The maximum Gasteiger partial charge on any atom is 0.283 e. The summed E-state index contributed by atoms with van der Waals surface area (Å²) in [6, 6.07) is 0. The third-order valence-corrected chi connectivity index (χ3v) is 6.19. The highest BCUT2D eigenvalue weighted by Gasteiger charge is 2.49. The number of halogens is 4. The first-order chi connectivity index (χ1) is 9.68. The van der Waals surface area contributed by atoms with Gasteiger partial charge < -0.3 is 5.32 Å². The topological polar surface area (TPSA) is 64.0 Å². The van der Waals surface area contributed by atoms with E-state index in [-0.39, 0.29) is 12.4 Å². The Labute approximate surface area is 133 Å². The number of alkyl halides is 3. The molecule has 1 aliphatic heterocycles. The smallest absolute Gasteiger partial charge is 0.283 e. The fourth-order valence-corrected chi connectivity index (χ4v) is 4.42. The molecular formula is C12H19ClF3N3O2S. The molecule has 128 valence electrons. The van der Waals surface area contributed by atoms with Crippen LogP contribution in [0.2, 0.25) is 0 Å². The molecule has 0 radical (unpaired) electrons. The molecule has 22 heavy (non-hydrogen) atoms. The molecule has 0 spiro atoms. The number of nitrogens with one attached hydrogen (secondary N) is 1. The molecule has 1 N–H and O–H groups in total. The van der Waals surface area contributed by atoms with Crippen LogP contribution in [0.15, 0.2) is 11.1 Å². The minimum absolute atomic E-state index is 0. The van der Waals surface area contributed by atoms with Crippen molar-refractivity contribution in [2.24, 2.45) is 13.0 Å². The molecule has 0 aromatic carbocycles. The SMILES string of the molecule is Cl.Cn1cc(S(=O)(=O)[C@@](C)(F)C2CCNCC2)c(C(F)F)n1. The van der Waals surface area contributed by atoms with Gasteiger partial charge >= 0.3 is 0 Å². The van der Waals surface area contributed by atoms with E-state index in [0.717, 1.165) is 17.8 Å². The molecular weight excluding hydrogens is 343 g/mol. The molecule has 1 fully saturated rings. The van der Waals surface area contributed by atoms with Gasteiger partial charge in [-0.1, -0.05) is 0 Å². The number of hydrogen-bond acceptors (Lipinski definition) is 4. The van der Waals surface area contributed by atoms with Crippen LogP contribution < -0.4 is 5.32 Å². The maximum absolute atomic E-state index is 15.0. The molecule has 2 rings (SSSR count). The lowest BCUT2D eigenvalue weighted by molar-refractivity contribution is 0.140. The number of rotatable bonds is 4. The second-order valence-electron chi connectivity index (χ2n) is 5.37. The van der Waals surface area contributed by atoms with E-state index in [1.807, 2.05) is 0 Å². The van der Waals surface area contributed by atoms with Crippen molar-refractivity contribution in [2.75, 3.05) is 13.1 Å². The van der Waals surface area contributed by atoms with Crippen molar-refractivity contribution < 1.29 is 21.6 Å². The summed E-state index contributed by atoms with van der Waals surface area (Å²) in [5, 5.41) is 3.86. The summed E-state index contributed by atoms with van der Waals surface area (Å²) in [5.74, 6) is -0.727. The maximum atomic E-state index is 15.0. The fraction of sp³-hybridized carbons (Fsp3) is 0.750. The van der Waals surface area contributed by atoms with Crippen LogP contribution in [0.4, 0.5) is 13.2 Å². The summed E-state index contributed by atoms with van der Waals surface area (Å²) < 4.78 is 66.8. The Bertz CT molecular complexity index is 613. The van der Waals surface area contributed by atoms with Crippen LogP contribution in [0.3, 0.4) is 0 Å². The van der Waals surface area contributed by atoms with Crippen molar-refractivity contribution in [2.45, 2.75) is 36.1 Å². The van der Waals surface area contributed by atoms with Crippen molar-refractivity contribution in [3.8, 4) is 0 Å². The second-order valence-corrected chi connectivity index (χ2v) is 7.61. The van der Waals surface area contributed by atoms with Crippen molar-refractivity contribution in [3.63, 3.8) is 0 Å². The molecule has 2 heterocycles. The van der Waals surface area contributed by atoms with Gasteiger partial charge in [-0.05, 0) is 32.9 Å². The zero-order valence-electron chi connectivity index (χ0n) is 12.2. The lowest BCUT2D eigenvalue weighted by atomic mass is 9.93. The molecule has 0 amide bonds. The number of piperidine rings is 1. The van der Waals surface area contributed by atoms with Crippen LogP contribution >= 0.6 is 12.4 Å². The summed E-state index contributed by atoms with van der Waals surface area (Å²) in [7, 11) is -3.23. The standard InChI is InChI=1S/C12H18F3N3O2S.ClH/c1-12(15,8-3-5-16-6-4-8)21(19,20)9-7-18(2)17-10(9)11(13)14;/h7-8,11,16H,3-6H2,1-2H3;1H/t12-;/m1./s1. The minimum atomic E-state index is -4.55. The molecule has 0 aliphatic carbocycles. The minimum Gasteiger partial charge on any atom is -0.317 e. The lowest BCUT2D eigenvalue weighted by Crippen LogP contribution is -2.44. The van der Waals surface area contributed by atoms with E-state index in [4.69, 9.17) is 0 Å². The Morgan fingerprint density at radius 2 is 1.95 bits per heavy atom. The molecule has 1 atom stereocenters. The Hall–Kier alpha value is -0.800. The van der Waals surface area contributed by atoms with Gasteiger partial charge in [0, 0.05) is 19.2 Å². The third kappa shape index (κ3) is 3.26. The molecule has 1 aromatic heterocycles. The van der Waals surface area contributed by atoms with Gasteiger partial charge in [-0.2, -0.15) is 5.10 Å². The molecule has 1 aromatic rings. The highest BCUT2D eigenvalue weighted by atomic mass is 35.5. The van der Waals surface area contributed by atoms with Crippen molar-refractivity contribution in [3.05, 3.63) is 11.9 Å². The van der Waals surface area contributed by atoms with E-state index in [2.05, 4.69) is 10.4 Å². The molecule has 0 unspecified atom stereocenters. The van der Waals surface area contributed by atoms with Gasteiger partial charge in [0.05, 0.1) is 0 Å². The van der Waals surface area contributed by atoms with Crippen LogP contribution in [0.1, 0.15) is 31.9 Å². The first-order valence-electron chi connectivity index (χ1n) is 6.64. The largest absolute Gasteiger partial charge is 0.317 e. The van der Waals surface area contributed by atoms with Crippen molar-refractivity contribution in [1.82, 2.24) is 15.1 Å². The van der Waals surface area contributed by atoms with Crippen LogP contribution in [0, 0.1) is 5.92 Å². The number of aromatic nitrogens is 2. The average molecular weight is 362 g/mol. The Balaban J connectivity index is 0.00000242. The van der Waals surface area contributed by atoms with Gasteiger partial charge in [0.15, 0.2) is 0 Å². The van der Waals surface area contributed by atoms with Crippen LogP contribution in [-0.2, 0) is 16.9 Å². The lowest BCUT2D eigenvalue weighted by Gasteiger charge is -2.33. The number of hydrogen-bond donors (Lipinski definition) is 1. The van der Waals surface area contributed by atoms with Crippen LogP contribution in [0.5, 0.6) is 0 Å². The zero-order chi connectivity index (χ0) is 15.8. The van der Waals surface area contributed by atoms with Crippen molar-refractivity contribution in [1.29, 1.82) is 0 Å². The molecule has 1 saturated heterocycles. The summed E-state index contributed by atoms with van der Waals surface area (Å²) in [5.41, 5.74) is -0.893. The predicted molar refractivity (Wildman–Crippen MR) is 77.7 cm³/mol. The molecule has 0 bridgehead atoms. The van der Waals surface area contributed by atoms with E-state index in [1.54, 1.807) is 0 Å². The Morgan fingerprint density at radius 3 is 2.45 bits per heavy atom. The average Bonchev–Trinajstić information content (AvgIpc) is 2.82. The summed E-state index contributed by atoms with van der Waals surface area (Å²) >= 11 is 0. The quantitative estimate of drug-likeness (QED) is 0.893.